The van der Waals surface area contributed by atoms with Gasteiger partial charge in [0.15, 0.2) is 11.5 Å². The molecule has 0 saturated carbocycles. The Morgan fingerprint density at radius 2 is 1.79 bits per heavy atom. The zero-order chi connectivity index (χ0) is 23.0. The van der Waals surface area contributed by atoms with Crippen molar-refractivity contribution in [2.45, 2.75) is 23.8 Å². The molecule has 0 radical (unpaired) electrons. The molecule has 0 aromatic heterocycles. The molecule has 1 atom stereocenters. The summed E-state index contributed by atoms with van der Waals surface area (Å²) in [5, 5.41) is 2.80. The fourth-order valence-corrected chi connectivity index (χ4v) is 5.51. The van der Waals surface area contributed by atoms with Gasteiger partial charge in [-0.1, -0.05) is 18.2 Å². The molecule has 3 aromatic carbocycles. The minimum atomic E-state index is -3.88. The number of nitrogens with zero attached hydrogens (tertiary/aromatic N) is 1. The summed E-state index contributed by atoms with van der Waals surface area (Å²) in [6, 6.07) is 17.1. The number of hydrogen-bond acceptors (Lipinski definition) is 5. The van der Waals surface area contributed by atoms with E-state index in [4.69, 9.17) is 9.47 Å². The number of fused-ring (bicyclic) bond motifs is 2. The average Bonchev–Trinajstić information content (AvgIpc) is 2.83. The molecule has 2 heterocycles. The van der Waals surface area contributed by atoms with Gasteiger partial charge in [0.05, 0.1) is 10.6 Å². The topological polar surface area (TPSA) is 84.9 Å². The van der Waals surface area contributed by atoms with Crippen LogP contribution in [0.5, 0.6) is 11.5 Å². The molecule has 1 N–H and O–H groups in total. The van der Waals surface area contributed by atoms with Gasteiger partial charge in [0.2, 0.25) is 6.10 Å². The molecule has 0 bridgehead atoms. The zero-order valence-electron chi connectivity index (χ0n) is 17.5. The largest absolute Gasteiger partial charge is 0.485 e. The molecule has 170 valence electrons. The Bertz CT molecular complexity index is 1310. The van der Waals surface area contributed by atoms with Crippen LogP contribution in [0.25, 0.3) is 0 Å². The summed E-state index contributed by atoms with van der Waals surface area (Å²) in [5.41, 5.74) is 1.80. The van der Waals surface area contributed by atoms with Crippen molar-refractivity contribution in [1.29, 1.82) is 0 Å². The van der Waals surface area contributed by atoms with Crippen LogP contribution in [0.15, 0.2) is 71.6 Å². The second-order valence-electron chi connectivity index (χ2n) is 7.83. The SMILES string of the molecule is O=C(Nc1ccc2c(c1)N(S(=O)(=O)c1ccc(F)cc1)CCC2)[C@@H]1COc2ccccc2O1. The summed E-state index contributed by atoms with van der Waals surface area (Å²) >= 11 is 0. The van der Waals surface area contributed by atoms with Crippen LogP contribution in [0.2, 0.25) is 0 Å². The second-order valence-corrected chi connectivity index (χ2v) is 9.69. The number of nitrogens with one attached hydrogen (secondary N) is 1. The quantitative estimate of drug-likeness (QED) is 0.631. The van der Waals surface area contributed by atoms with Gasteiger partial charge >= 0.3 is 0 Å². The first-order valence-corrected chi connectivity index (χ1v) is 12.0. The van der Waals surface area contributed by atoms with Crippen LogP contribution in [0.3, 0.4) is 0 Å². The van der Waals surface area contributed by atoms with Gasteiger partial charge in [0, 0.05) is 12.2 Å². The second kappa shape index (κ2) is 8.40. The van der Waals surface area contributed by atoms with Crippen LogP contribution in [0.1, 0.15) is 12.0 Å². The van der Waals surface area contributed by atoms with Gasteiger partial charge in [-0.3, -0.25) is 9.10 Å². The van der Waals surface area contributed by atoms with Crippen molar-refractivity contribution in [2.24, 2.45) is 0 Å². The first kappa shape index (κ1) is 21.3. The van der Waals surface area contributed by atoms with Gasteiger partial charge in [0.1, 0.15) is 12.4 Å². The number of rotatable bonds is 4. The van der Waals surface area contributed by atoms with Crippen molar-refractivity contribution in [3.63, 3.8) is 0 Å². The monoisotopic (exact) mass is 468 g/mol. The zero-order valence-corrected chi connectivity index (χ0v) is 18.3. The third-order valence-electron chi connectivity index (χ3n) is 5.63. The van der Waals surface area contributed by atoms with Gasteiger partial charge < -0.3 is 14.8 Å². The number of aryl methyl sites for hydroxylation is 1. The van der Waals surface area contributed by atoms with E-state index in [2.05, 4.69) is 5.32 Å². The number of anilines is 2. The van der Waals surface area contributed by atoms with Crippen molar-refractivity contribution < 1.29 is 27.1 Å². The van der Waals surface area contributed by atoms with Gasteiger partial charge in [0.25, 0.3) is 15.9 Å². The Hall–Kier alpha value is -3.59. The summed E-state index contributed by atoms with van der Waals surface area (Å²) in [6.07, 6.45) is 0.538. The average molecular weight is 469 g/mol. The van der Waals surface area contributed by atoms with Crippen LogP contribution < -0.4 is 19.1 Å². The molecule has 2 aliphatic rings. The highest BCUT2D eigenvalue weighted by Gasteiger charge is 2.31. The lowest BCUT2D eigenvalue weighted by Crippen LogP contribution is -2.40. The Morgan fingerprint density at radius 1 is 1.03 bits per heavy atom. The van der Waals surface area contributed by atoms with E-state index in [-0.39, 0.29) is 11.5 Å². The minimum Gasteiger partial charge on any atom is -0.485 e. The maximum atomic E-state index is 13.3. The third-order valence-corrected chi connectivity index (χ3v) is 7.46. The fraction of sp³-hybridized carbons (Fsp3) is 0.208. The molecule has 0 unspecified atom stereocenters. The maximum absolute atomic E-state index is 13.3. The predicted molar refractivity (Wildman–Crippen MR) is 121 cm³/mol. The summed E-state index contributed by atoms with van der Waals surface area (Å²) < 4.78 is 52.4. The van der Waals surface area contributed by atoms with Crippen molar-refractivity contribution in [3.8, 4) is 11.5 Å². The number of carbonyl (C=O) groups is 1. The van der Waals surface area contributed by atoms with E-state index in [1.807, 2.05) is 12.1 Å². The first-order valence-electron chi connectivity index (χ1n) is 10.5. The van der Waals surface area contributed by atoms with E-state index in [1.54, 1.807) is 30.3 Å². The maximum Gasteiger partial charge on any atom is 0.269 e. The van der Waals surface area contributed by atoms with E-state index in [9.17, 15) is 17.6 Å². The molecule has 0 aliphatic carbocycles. The number of hydrogen-bond donors (Lipinski definition) is 1. The lowest BCUT2D eigenvalue weighted by Gasteiger charge is -2.31. The molecular formula is C24H21FN2O5S. The number of para-hydroxylation sites is 2. The van der Waals surface area contributed by atoms with Gasteiger partial charge in [-0.15, -0.1) is 0 Å². The molecule has 33 heavy (non-hydrogen) atoms. The van der Waals surface area contributed by atoms with Crippen molar-refractivity contribution in [3.05, 3.63) is 78.1 Å². The number of ether oxygens (including phenoxy) is 2. The molecule has 2 aliphatic heterocycles. The normalized spacial score (nSPS) is 17.2. The molecule has 7 nitrogen and oxygen atoms in total. The van der Waals surface area contributed by atoms with Gasteiger partial charge in [-0.2, -0.15) is 0 Å². The van der Waals surface area contributed by atoms with E-state index in [1.165, 1.54) is 16.4 Å². The van der Waals surface area contributed by atoms with Crippen LogP contribution in [0, 0.1) is 5.82 Å². The number of amides is 1. The van der Waals surface area contributed by atoms with E-state index in [0.717, 1.165) is 24.1 Å². The van der Waals surface area contributed by atoms with Crippen LogP contribution >= 0.6 is 0 Å². The smallest absolute Gasteiger partial charge is 0.269 e. The fourth-order valence-electron chi connectivity index (χ4n) is 3.97. The standard InChI is InChI=1S/C24H21FN2O5S/c25-17-8-11-19(12-9-17)33(29,30)27-13-3-4-16-7-10-18(14-20(16)27)26-24(28)23-15-31-21-5-1-2-6-22(21)32-23/h1-2,5-12,14,23H,3-4,13,15H2,(H,26,28)/t23-/m0/s1. The highest BCUT2D eigenvalue weighted by Crippen LogP contribution is 2.35. The Morgan fingerprint density at radius 3 is 2.58 bits per heavy atom. The lowest BCUT2D eigenvalue weighted by atomic mass is 10.0. The number of sulfonamides is 1. The molecule has 0 fully saturated rings. The first-order chi connectivity index (χ1) is 15.9. The highest BCUT2D eigenvalue weighted by molar-refractivity contribution is 7.92. The number of carbonyl (C=O) groups excluding carboxylic acids is 1. The molecule has 1 amide bonds. The Kier molecular flexibility index (Phi) is 5.41. The van der Waals surface area contributed by atoms with Crippen molar-refractivity contribution >= 4 is 27.3 Å². The summed E-state index contributed by atoms with van der Waals surface area (Å²) in [4.78, 5) is 12.8. The van der Waals surface area contributed by atoms with Crippen molar-refractivity contribution in [1.82, 2.24) is 0 Å². The molecule has 9 heteroatoms. The molecular weight excluding hydrogens is 447 g/mol. The van der Waals surface area contributed by atoms with Crippen LogP contribution in [-0.2, 0) is 21.2 Å². The lowest BCUT2D eigenvalue weighted by molar-refractivity contribution is -0.125. The molecule has 3 aromatic rings. The van der Waals surface area contributed by atoms with E-state index >= 15 is 0 Å². The molecule has 5 rings (SSSR count). The van der Waals surface area contributed by atoms with E-state index in [0.29, 0.717) is 35.8 Å². The number of benzene rings is 3. The minimum absolute atomic E-state index is 0.0117. The molecule has 0 spiro atoms. The number of halogens is 1. The summed E-state index contributed by atoms with van der Waals surface area (Å²) in [5.74, 6) is 0.172. The van der Waals surface area contributed by atoms with Crippen LogP contribution in [-0.4, -0.2) is 33.6 Å². The van der Waals surface area contributed by atoms with Crippen LogP contribution in [0.4, 0.5) is 15.8 Å². The Balaban J connectivity index is 1.38. The van der Waals surface area contributed by atoms with Crippen molar-refractivity contribution in [2.75, 3.05) is 22.8 Å². The van der Waals surface area contributed by atoms with Gasteiger partial charge in [-0.25, -0.2) is 12.8 Å². The summed E-state index contributed by atoms with van der Waals surface area (Å²) in [6.45, 7) is 0.360. The third kappa shape index (κ3) is 4.11. The Labute approximate surface area is 190 Å². The van der Waals surface area contributed by atoms with Gasteiger partial charge in [-0.05, 0) is 66.9 Å². The van der Waals surface area contributed by atoms with E-state index < -0.39 is 27.9 Å². The highest BCUT2D eigenvalue weighted by atomic mass is 32.2. The summed E-state index contributed by atoms with van der Waals surface area (Å²) in [7, 11) is -3.88. The molecule has 0 saturated heterocycles. The predicted octanol–water partition coefficient (Wildman–Crippen LogP) is 3.75.